The molecular formula is C19H34N2S. The van der Waals surface area contributed by atoms with Gasteiger partial charge in [-0.05, 0) is 48.9 Å². The third-order valence-corrected chi connectivity index (χ3v) is 7.60. The van der Waals surface area contributed by atoms with Crippen LogP contribution in [-0.4, -0.2) is 29.0 Å². The number of hydrogen-bond acceptors (Lipinski definition) is 2. The van der Waals surface area contributed by atoms with Crippen LogP contribution in [0.15, 0.2) is 0 Å². The summed E-state index contributed by atoms with van der Waals surface area (Å²) in [6, 6.07) is 0.308. The molecular weight excluding hydrogens is 288 g/mol. The molecule has 1 saturated heterocycles. The molecule has 1 aliphatic heterocycles. The zero-order chi connectivity index (χ0) is 16.2. The predicted octanol–water partition coefficient (Wildman–Crippen LogP) is 4.37. The Labute approximate surface area is 142 Å². The van der Waals surface area contributed by atoms with Gasteiger partial charge in [0.15, 0.2) is 0 Å². The van der Waals surface area contributed by atoms with Crippen LogP contribution in [0.5, 0.6) is 0 Å². The van der Waals surface area contributed by atoms with Gasteiger partial charge in [-0.2, -0.15) is 0 Å². The highest BCUT2D eigenvalue weighted by Gasteiger charge is 2.49. The average molecular weight is 323 g/mol. The van der Waals surface area contributed by atoms with E-state index in [1.54, 1.807) is 0 Å². The molecule has 3 fully saturated rings. The van der Waals surface area contributed by atoms with Crippen molar-refractivity contribution in [3.63, 3.8) is 0 Å². The average Bonchev–Trinajstić information content (AvgIpc) is 2.39. The van der Waals surface area contributed by atoms with Crippen LogP contribution in [-0.2, 0) is 0 Å². The second-order valence-electron chi connectivity index (χ2n) is 9.83. The smallest absolute Gasteiger partial charge is 0.0839 e. The van der Waals surface area contributed by atoms with E-state index in [-0.39, 0.29) is 10.8 Å². The van der Waals surface area contributed by atoms with E-state index in [1.807, 2.05) is 0 Å². The molecule has 22 heavy (non-hydrogen) atoms. The number of nitrogens with zero attached hydrogens (tertiary/aromatic N) is 1. The Morgan fingerprint density at radius 3 is 2.50 bits per heavy atom. The molecule has 4 atom stereocenters. The lowest BCUT2D eigenvalue weighted by Crippen LogP contribution is -2.57. The number of rotatable bonds is 1. The van der Waals surface area contributed by atoms with Gasteiger partial charge in [-0.25, -0.2) is 0 Å². The second-order valence-corrected chi connectivity index (χ2v) is 10.2. The van der Waals surface area contributed by atoms with Crippen molar-refractivity contribution in [3.05, 3.63) is 0 Å². The van der Waals surface area contributed by atoms with Crippen molar-refractivity contribution in [1.29, 1.82) is 0 Å². The fourth-order valence-corrected chi connectivity index (χ4v) is 6.11. The molecule has 3 rings (SSSR count). The molecule has 0 aromatic heterocycles. The highest BCUT2D eigenvalue weighted by Crippen LogP contribution is 2.56. The van der Waals surface area contributed by atoms with Gasteiger partial charge in [-0.15, -0.1) is 0 Å². The van der Waals surface area contributed by atoms with E-state index in [1.165, 1.54) is 43.5 Å². The van der Waals surface area contributed by atoms with Gasteiger partial charge in [0.1, 0.15) is 0 Å². The van der Waals surface area contributed by atoms with Crippen LogP contribution in [0, 0.1) is 22.2 Å². The summed E-state index contributed by atoms with van der Waals surface area (Å²) in [5.74, 6) is 0.899. The molecule has 3 heteroatoms. The van der Waals surface area contributed by atoms with E-state index in [2.05, 4.69) is 32.6 Å². The lowest BCUT2D eigenvalue weighted by atomic mass is 9.54. The van der Waals surface area contributed by atoms with Crippen LogP contribution in [0.1, 0.15) is 72.6 Å². The monoisotopic (exact) mass is 322 g/mol. The van der Waals surface area contributed by atoms with E-state index >= 15 is 0 Å². The first-order valence-electron chi connectivity index (χ1n) is 9.19. The molecule has 2 saturated carbocycles. The van der Waals surface area contributed by atoms with Gasteiger partial charge in [0.2, 0.25) is 0 Å². The maximum absolute atomic E-state index is 6.31. The SMILES string of the molecule is CC12CCCC(C1)CC(C)(C(=S)N1CCC(N)C(C)(C)C1)C2. The van der Waals surface area contributed by atoms with Crippen LogP contribution < -0.4 is 5.73 Å². The highest BCUT2D eigenvalue weighted by molar-refractivity contribution is 7.80. The zero-order valence-electron chi connectivity index (χ0n) is 15.0. The summed E-state index contributed by atoms with van der Waals surface area (Å²) in [7, 11) is 0. The van der Waals surface area contributed by atoms with Gasteiger partial charge in [-0.1, -0.05) is 52.8 Å². The molecule has 4 unspecified atom stereocenters. The Bertz CT molecular complexity index is 460. The summed E-state index contributed by atoms with van der Waals surface area (Å²) in [4.78, 5) is 3.74. The molecule has 0 radical (unpaired) electrons. The minimum Gasteiger partial charge on any atom is -0.365 e. The quantitative estimate of drug-likeness (QED) is 0.727. The normalized spacial score (nSPS) is 44.7. The van der Waals surface area contributed by atoms with E-state index in [0.29, 0.717) is 11.5 Å². The predicted molar refractivity (Wildman–Crippen MR) is 98.0 cm³/mol. The third kappa shape index (κ3) is 2.96. The van der Waals surface area contributed by atoms with Crippen LogP contribution in [0.2, 0.25) is 0 Å². The largest absolute Gasteiger partial charge is 0.365 e. The Morgan fingerprint density at radius 1 is 1.14 bits per heavy atom. The summed E-state index contributed by atoms with van der Waals surface area (Å²) in [6.07, 6.45) is 9.35. The van der Waals surface area contributed by atoms with Crippen LogP contribution in [0.3, 0.4) is 0 Å². The molecule has 2 N–H and O–H groups in total. The summed E-state index contributed by atoms with van der Waals surface area (Å²) >= 11 is 6.06. The molecule has 126 valence electrons. The number of nitrogens with two attached hydrogens (primary N) is 1. The number of thiocarbonyl (C=S) groups is 1. The second kappa shape index (κ2) is 5.44. The first-order valence-corrected chi connectivity index (χ1v) is 9.59. The Hall–Kier alpha value is -0.150. The number of hydrogen-bond donors (Lipinski definition) is 1. The first kappa shape index (κ1) is 16.7. The lowest BCUT2D eigenvalue weighted by molar-refractivity contribution is 0.0295. The molecule has 2 nitrogen and oxygen atoms in total. The van der Waals surface area contributed by atoms with Crippen LogP contribution in [0.25, 0.3) is 0 Å². The minimum atomic E-state index is 0.174. The summed E-state index contributed by atoms with van der Waals surface area (Å²) in [5.41, 5.74) is 7.24. The molecule has 0 spiro atoms. The fraction of sp³-hybridized carbons (Fsp3) is 0.947. The Morgan fingerprint density at radius 2 is 1.86 bits per heavy atom. The minimum absolute atomic E-state index is 0.174. The van der Waals surface area contributed by atoms with Crippen molar-refractivity contribution in [2.45, 2.75) is 78.7 Å². The fourth-order valence-electron chi connectivity index (χ4n) is 5.80. The van der Waals surface area contributed by atoms with Crippen molar-refractivity contribution < 1.29 is 0 Å². The molecule has 2 bridgehead atoms. The van der Waals surface area contributed by atoms with Crippen molar-refractivity contribution in [1.82, 2.24) is 4.90 Å². The number of likely N-dealkylation sites (tertiary alicyclic amines) is 1. The van der Waals surface area contributed by atoms with E-state index in [4.69, 9.17) is 18.0 Å². The Kier molecular flexibility index (Phi) is 4.13. The summed E-state index contributed by atoms with van der Waals surface area (Å²) < 4.78 is 0. The van der Waals surface area contributed by atoms with E-state index in [0.717, 1.165) is 25.4 Å². The third-order valence-electron chi connectivity index (χ3n) is 6.85. The summed E-state index contributed by atoms with van der Waals surface area (Å²) in [5, 5.41) is 0. The van der Waals surface area contributed by atoms with Gasteiger partial charge >= 0.3 is 0 Å². The molecule has 0 aromatic carbocycles. The Balaban J connectivity index is 1.76. The number of fused-ring (bicyclic) bond motifs is 2. The van der Waals surface area contributed by atoms with Gasteiger partial charge in [0, 0.05) is 24.5 Å². The van der Waals surface area contributed by atoms with Crippen molar-refractivity contribution in [2.24, 2.45) is 27.9 Å². The van der Waals surface area contributed by atoms with Crippen LogP contribution in [0.4, 0.5) is 0 Å². The lowest BCUT2D eigenvalue weighted by Gasteiger charge is -2.54. The maximum Gasteiger partial charge on any atom is 0.0839 e. The maximum atomic E-state index is 6.31. The van der Waals surface area contributed by atoms with Crippen molar-refractivity contribution in [2.75, 3.05) is 13.1 Å². The number of piperidine rings is 1. The van der Waals surface area contributed by atoms with Gasteiger partial charge in [0.25, 0.3) is 0 Å². The van der Waals surface area contributed by atoms with Crippen molar-refractivity contribution in [3.8, 4) is 0 Å². The molecule has 0 aromatic rings. The van der Waals surface area contributed by atoms with E-state index in [9.17, 15) is 0 Å². The first-order chi connectivity index (χ1) is 10.1. The van der Waals surface area contributed by atoms with Gasteiger partial charge in [-0.3, -0.25) is 0 Å². The molecule has 2 aliphatic carbocycles. The standard InChI is InChI=1S/C19H34N2S/c1-17(2)13-21(9-7-15(17)20)16(22)19(4)11-14-6-5-8-18(3,10-14)12-19/h14-15H,5-13,20H2,1-4H3. The molecule has 3 aliphatic rings. The zero-order valence-corrected chi connectivity index (χ0v) is 15.8. The van der Waals surface area contributed by atoms with Crippen molar-refractivity contribution >= 4 is 17.2 Å². The van der Waals surface area contributed by atoms with Gasteiger partial charge in [0.05, 0.1) is 4.99 Å². The molecule has 1 heterocycles. The van der Waals surface area contributed by atoms with E-state index < -0.39 is 0 Å². The topological polar surface area (TPSA) is 29.3 Å². The molecule has 0 amide bonds. The van der Waals surface area contributed by atoms with Crippen LogP contribution >= 0.6 is 12.2 Å². The summed E-state index contributed by atoms with van der Waals surface area (Å²) in [6.45, 7) is 11.6. The highest BCUT2D eigenvalue weighted by atomic mass is 32.1. The van der Waals surface area contributed by atoms with Gasteiger partial charge < -0.3 is 10.6 Å².